The van der Waals surface area contributed by atoms with Crippen molar-refractivity contribution < 1.29 is 10.2 Å². The highest BCUT2D eigenvalue weighted by Gasteiger charge is 2.10. The van der Waals surface area contributed by atoms with Gasteiger partial charge in [-0.25, -0.2) is 0 Å². The molecule has 0 unspecified atom stereocenters. The monoisotopic (exact) mass is 221 g/mol. The first-order chi connectivity index (χ1) is 7.18. The van der Waals surface area contributed by atoms with Gasteiger partial charge in [-0.05, 0) is 24.3 Å². The van der Waals surface area contributed by atoms with Gasteiger partial charge in [0.15, 0.2) is 0 Å². The van der Waals surface area contributed by atoms with Crippen molar-refractivity contribution in [2.24, 2.45) is 0 Å². The van der Waals surface area contributed by atoms with Gasteiger partial charge in [0.05, 0.1) is 16.3 Å². The molecule has 0 saturated carbocycles. The van der Waals surface area contributed by atoms with Crippen molar-refractivity contribution in [3.05, 3.63) is 41.6 Å². The molecular formula is C11H8ClNO2. The average Bonchev–Trinajstić information content (AvgIpc) is 2.20. The Labute approximate surface area is 91.6 Å². The first-order valence-electron chi connectivity index (χ1n) is 4.31. The maximum absolute atomic E-state index is 9.58. The second-order valence-corrected chi connectivity index (χ2v) is 3.47. The highest BCUT2D eigenvalue weighted by molar-refractivity contribution is 6.30. The van der Waals surface area contributed by atoms with Crippen molar-refractivity contribution in [2.45, 2.75) is 0 Å². The van der Waals surface area contributed by atoms with E-state index in [0.717, 1.165) is 0 Å². The minimum absolute atomic E-state index is 0.00942. The molecule has 0 amide bonds. The van der Waals surface area contributed by atoms with E-state index >= 15 is 0 Å². The first-order valence-corrected chi connectivity index (χ1v) is 4.69. The molecule has 3 nitrogen and oxygen atoms in total. The fraction of sp³-hybridized carbons (Fsp3) is 0. The van der Waals surface area contributed by atoms with Crippen LogP contribution in [0.2, 0.25) is 5.02 Å². The van der Waals surface area contributed by atoms with Crippen molar-refractivity contribution in [3.63, 3.8) is 0 Å². The van der Waals surface area contributed by atoms with E-state index in [9.17, 15) is 10.2 Å². The third-order valence-corrected chi connectivity index (χ3v) is 2.23. The molecule has 0 atom stereocenters. The van der Waals surface area contributed by atoms with Crippen LogP contribution in [0.25, 0.3) is 11.3 Å². The Morgan fingerprint density at radius 1 is 1.00 bits per heavy atom. The van der Waals surface area contributed by atoms with E-state index < -0.39 is 0 Å². The number of aromatic nitrogens is 1. The Morgan fingerprint density at radius 3 is 2.20 bits per heavy atom. The number of aromatic hydroxyl groups is 2. The molecule has 15 heavy (non-hydrogen) atoms. The number of pyridine rings is 1. The van der Waals surface area contributed by atoms with Crippen molar-refractivity contribution >= 4 is 11.6 Å². The summed E-state index contributed by atoms with van der Waals surface area (Å²) < 4.78 is 0. The second kappa shape index (κ2) is 3.79. The third kappa shape index (κ3) is 1.87. The lowest BCUT2D eigenvalue weighted by Crippen LogP contribution is -1.84. The average molecular weight is 222 g/mol. The maximum Gasteiger partial charge on any atom is 0.128 e. The third-order valence-electron chi connectivity index (χ3n) is 2.00. The molecule has 0 aliphatic heterocycles. The van der Waals surface area contributed by atoms with Crippen molar-refractivity contribution in [1.29, 1.82) is 0 Å². The van der Waals surface area contributed by atoms with Crippen LogP contribution in [-0.2, 0) is 0 Å². The van der Waals surface area contributed by atoms with Gasteiger partial charge < -0.3 is 10.2 Å². The van der Waals surface area contributed by atoms with Gasteiger partial charge in [0.2, 0.25) is 0 Å². The van der Waals surface area contributed by atoms with Crippen LogP contribution >= 0.6 is 11.6 Å². The molecule has 4 heteroatoms. The zero-order chi connectivity index (χ0) is 10.8. The number of halogens is 1. The summed E-state index contributed by atoms with van der Waals surface area (Å²) in [5.74, 6) is -0.0188. The number of rotatable bonds is 1. The minimum atomic E-state index is -0.00942. The van der Waals surface area contributed by atoms with Gasteiger partial charge in [0, 0.05) is 6.20 Å². The van der Waals surface area contributed by atoms with E-state index in [1.165, 1.54) is 18.3 Å². The summed E-state index contributed by atoms with van der Waals surface area (Å²) in [6.07, 6.45) is 1.46. The van der Waals surface area contributed by atoms with E-state index in [0.29, 0.717) is 16.3 Å². The van der Waals surface area contributed by atoms with E-state index in [2.05, 4.69) is 4.98 Å². The molecule has 0 bridgehead atoms. The van der Waals surface area contributed by atoms with Crippen molar-refractivity contribution in [3.8, 4) is 22.8 Å². The number of benzene rings is 1. The Bertz CT molecular complexity index is 462. The van der Waals surface area contributed by atoms with Gasteiger partial charge in [0.1, 0.15) is 11.5 Å². The van der Waals surface area contributed by atoms with E-state index in [1.54, 1.807) is 18.2 Å². The Hall–Kier alpha value is -1.74. The van der Waals surface area contributed by atoms with Crippen LogP contribution in [0.1, 0.15) is 0 Å². The summed E-state index contributed by atoms with van der Waals surface area (Å²) in [5.41, 5.74) is 0.796. The lowest BCUT2D eigenvalue weighted by Gasteiger charge is -2.05. The summed E-state index contributed by atoms with van der Waals surface area (Å²) in [6, 6.07) is 7.83. The molecule has 0 saturated heterocycles. The number of hydrogen-bond acceptors (Lipinski definition) is 3. The summed E-state index contributed by atoms with van der Waals surface area (Å²) in [7, 11) is 0. The molecular weight excluding hydrogens is 214 g/mol. The van der Waals surface area contributed by atoms with Gasteiger partial charge in [-0.3, -0.25) is 4.98 Å². The van der Waals surface area contributed by atoms with E-state index in [1.807, 2.05) is 0 Å². The van der Waals surface area contributed by atoms with Gasteiger partial charge >= 0.3 is 0 Å². The summed E-state index contributed by atoms with van der Waals surface area (Å²) >= 11 is 5.69. The molecule has 1 aromatic carbocycles. The van der Waals surface area contributed by atoms with Gasteiger partial charge in [-0.2, -0.15) is 0 Å². The molecule has 2 N–H and O–H groups in total. The zero-order valence-electron chi connectivity index (χ0n) is 7.68. The van der Waals surface area contributed by atoms with Crippen LogP contribution in [0.3, 0.4) is 0 Å². The number of nitrogens with zero attached hydrogens (tertiary/aromatic N) is 1. The molecule has 0 aliphatic rings. The predicted molar refractivity (Wildman–Crippen MR) is 58.0 cm³/mol. The zero-order valence-corrected chi connectivity index (χ0v) is 8.44. The Morgan fingerprint density at radius 2 is 1.67 bits per heavy atom. The van der Waals surface area contributed by atoms with Gasteiger partial charge in [-0.1, -0.05) is 17.7 Å². The normalized spacial score (nSPS) is 10.2. The minimum Gasteiger partial charge on any atom is -0.507 e. The fourth-order valence-corrected chi connectivity index (χ4v) is 1.43. The van der Waals surface area contributed by atoms with Crippen LogP contribution in [-0.4, -0.2) is 15.2 Å². The van der Waals surface area contributed by atoms with Crippen LogP contribution in [0, 0.1) is 0 Å². The molecule has 1 heterocycles. The van der Waals surface area contributed by atoms with Crippen molar-refractivity contribution in [1.82, 2.24) is 4.98 Å². The fourth-order valence-electron chi connectivity index (χ4n) is 1.31. The summed E-state index contributed by atoms with van der Waals surface area (Å²) in [5, 5.41) is 19.7. The number of phenols is 2. The highest BCUT2D eigenvalue weighted by Crippen LogP contribution is 2.35. The van der Waals surface area contributed by atoms with Crippen LogP contribution in [0.15, 0.2) is 36.5 Å². The van der Waals surface area contributed by atoms with Crippen LogP contribution in [0.5, 0.6) is 11.5 Å². The van der Waals surface area contributed by atoms with Crippen molar-refractivity contribution in [2.75, 3.05) is 0 Å². The van der Waals surface area contributed by atoms with Gasteiger partial charge in [0.25, 0.3) is 0 Å². The first kappa shape index (κ1) is 9.80. The largest absolute Gasteiger partial charge is 0.507 e. The Kier molecular flexibility index (Phi) is 2.47. The summed E-state index contributed by atoms with van der Waals surface area (Å²) in [4.78, 5) is 4.02. The van der Waals surface area contributed by atoms with Crippen LogP contribution in [0.4, 0.5) is 0 Å². The number of hydrogen-bond donors (Lipinski definition) is 2. The van der Waals surface area contributed by atoms with Crippen LogP contribution < -0.4 is 0 Å². The molecule has 76 valence electrons. The standard InChI is InChI=1S/C11H8ClNO2/c12-7-4-5-8(13-6-7)11-9(14)2-1-3-10(11)15/h1-6,14-15H. The molecule has 1 aromatic heterocycles. The Balaban J connectivity index is 2.58. The molecule has 0 radical (unpaired) electrons. The van der Waals surface area contributed by atoms with E-state index in [4.69, 9.17) is 11.6 Å². The molecule has 2 rings (SSSR count). The second-order valence-electron chi connectivity index (χ2n) is 3.03. The lowest BCUT2D eigenvalue weighted by atomic mass is 10.1. The lowest BCUT2D eigenvalue weighted by molar-refractivity contribution is 0.454. The molecule has 0 aliphatic carbocycles. The molecule has 0 fully saturated rings. The van der Waals surface area contributed by atoms with E-state index in [-0.39, 0.29) is 11.5 Å². The molecule has 0 spiro atoms. The maximum atomic E-state index is 9.58. The van der Waals surface area contributed by atoms with Gasteiger partial charge in [-0.15, -0.1) is 0 Å². The number of phenolic OH excluding ortho intramolecular Hbond substituents is 2. The topological polar surface area (TPSA) is 53.4 Å². The predicted octanol–water partition coefficient (Wildman–Crippen LogP) is 2.81. The quantitative estimate of drug-likeness (QED) is 0.779. The SMILES string of the molecule is Oc1cccc(O)c1-c1ccc(Cl)cn1. The molecule has 2 aromatic rings. The smallest absolute Gasteiger partial charge is 0.128 e. The highest BCUT2D eigenvalue weighted by atomic mass is 35.5. The summed E-state index contributed by atoms with van der Waals surface area (Å²) in [6.45, 7) is 0.